The van der Waals surface area contributed by atoms with Gasteiger partial charge >= 0.3 is 6.03 Å². The fraction of sp³-hybridized carbons (Fsp3) is 0.429. The minimum absolute atomic E-state index is 0.0862. The molecule has 29 heavy (non-hydrogen) atoms. The Kier molecular flexibility index (Phi) is 6.43. The van der Waals surface area contributed by atoms with Gasteiger partial charge in [-0.15, -0.1) is 6.58 Å². The van der Waals surface area contributed by atoms with Crippen LogP contribution >= 0.6 is 0 Å². The van der Waals surface area contributed by atoms with E-state index in [1.54, 1.807) is 43.3 Å². The Morgan fingerprint density at radius 1 is 1.17 bits per heavy atom. The van der Waals surface area contributed by atoms with Gasteiger partial charge in [0.25, 0.3) is 5.91 Å². The molecule has 8 heteroatoms. The molecular formula is C21H27N3O5. The highest BCUT2D eigenvalue weighted by Gasteiger charge is 2.43. The first-order valence-electron chi connectivity index (χ1n) is 9.47. The molecule has 3 amide bonds. The van der Waals surface area contributed by atoms with Crippen molar-refractivity contribution < 1.29 is 23.8 Å². The predicted molar refractivity (Wildman–Crippen MR) is 108 cm³/mol. The van der Waals surface area contributed by atoms with E-state index in [0.29, 0.717) is 49.0 Å². The molecule has 156 valence electrons. The topological polar surface area (TPSA) is 80.3 Å². The summed E-state index contributed by atoms with van der Waals surface area (Å²) in [5.74, 6) is 1.09. The second-order valence-corrected chi connectivity index (χ2v) is 6.86. The van der Waals surface area contributed by atoms with Crippen LogP contribution in [0, 0.1) is 0 Å². The summed E-state index contributed by atoms with van der Waals surface area (Å²) < 4.78 is 15.8. The van der Waals surface area contributed by atoms with Crippen LogP contribution in [0.3, 0.4) is 0 Å². The zero-order valence-corrected chi connectivity index (χ0v) is 17.1. The molecule has 2 aliphatic heterocycles. The van der Waals surface area contributed by atoms with Crippen LogP contribution in [0.25, 0.3) is 0 Å². The lowest BCUT2D eigenvalue weighted by Crippen LogP contribution is -2.47. The molecule has 3 rings (SSSR count). The summed E-state index contributed by atoms with van der Waals surface area (Å²) in [7, 11) is 4.76. The van der Waals surface area contributed by atoms with Crippen LogP contribution in [0.2, 0.25) is 0 Å². The smallest absolute Gasteiger partial charge is 0.322 e. The number of hydrogen-bond donors (Lipinski definition) is 1. The molecule has 0 aromatic heterocycles. The van der Waals surface area contributed by atoms with Crippen LogP contribution in [-0.2, 0) is 9.53 Å². The summed E-state index contributed by atoms with van der Waals surface area (Å²) in [6.07, 6.45) is 2.38. The fourth-order valence-electron chi connectivity index (χ4n) is 3.70. The zero-order valence-electron chi connectivity index (χ0n) is 17.1. The SMILES string of the molecule is C=CCN1C(=O)N[C@H](c2cc(OC)cc(OC)c2)C2=C1CN(CCCOC)C2=O. The van der Waals surface area contributed by atoms with E-state index in [9.17, 15) is 9.59 Å². The molecule has 0 unspecified atom stereocenters. The van der Waals surface area contributed by atoms with E-state index >= 15 is 0 Å². The normalized spacial score (nSPS) is 18.7. The highest BCUT2D eigenvalue weighted by atomic mass is 16.5. The van der Waals surface area contributed by atoms with Gasteiger partial charge in [0.2, 0.25) is 0 Å². The summed E-state index contributed by atoms with van der Waals surface area (Å²) >= 11 is 0. The Hall–Kier alpha value is -3.00. The number of carbonyl (C=O) groups is 2. The van der Waals surface area contributed by atoms with Gasteiger partial charge in [0.15, 0.2) is 0 Å². The van der Waals surface area contributed by atoms with E-state index in [4.69, 9.17) is 14.2 Å². The van der Waals surface area contributed by atoms with Crippen molar-refractivity contribution in [1.29, 1.82) is 0 Å². The molecule has 1 atom stereocenters. The van der Waals surface area contributed by atoms with E-state index in [-0.39, 0.29) is 11.9 Å². The Labute approximate surface area is 170 Å². The largest absolute Gasteiger partial charge is 0.497 e. The molecule has 2 heterocycles. The average Bonchev–Trinajstić information content (AvgIpc) is 3.06. The monoisotopic (exact) mass is 401 g/mol. The van der Waals surface area contributed by atoms with Crippen molar-refractivity contribution >= 4 is 11.9 Å². The number of ether oxygens (including phenoxy) is 3. The predicted octanol–water partition coefficient (Wildman–Crippen LogP) is 2.09. The molecule has 0 saturated heterocycles. The summed E-state index contributed by atoms with van der Waals surface area (Å²) in [4.78, 5) is 29.4. The highest BCUT2D eigenvalue weighted by Crippen LogP contribution is 2.38. The van der Waals surface area contributed by atoms with Crippen molar-refractivity contribution in [3.63, 3.8) is 0 Å². The molecule has 1 N–H and O–H groups in total. The van der Waals surface area contributed by atoms with E-state index in [2.05, 4.69) is 11.9 Å². The van der Waals surface area contributed by atoms with Gasteiger partial charge < -0.3 is 24.4 Å². The first-order valence-corrected chi connectivity index (χ1v) is 9.47. The minimum Gasteiger partial charge on any atom is -0.497 e. The van der Waals surface area contributed by atoms with Crippen molar-refractivity contribution in [3.05, 3.63) is 47.7 Å². The Bertz CT molecular complexity index is 813. The maximum atomic E-state index is 13.2. The van der Waals surface area contributed by atoms with Gasteiger partial charge in [-0.05, 0) is 24.1 Å². The highest BCUT2D eigenvalue weighted by molar-refractivity contribution is 6.01. The number of urea groups is 1. The van der Waals surface area contributed by atoms with Crippen molar-refractivity contribution in [2.45, 2.75) is 12.5 Å². The summed E-state index contributed by atoms with van der Waals surface area (Å²) in [5.41, 5.74) is 2.01. The maximum Gasteiger partial charge on any atom is 0.322 e. The molecule has 2 aliphatic rings. The van der Waals surface area contributed by atoms with Gasteiger partial charge in [-0.2, -0.15) is 0 Å². The van der Waals surface area contributed by atoms with Crippen LogP contribution in [0.4, 0.5) is 4.79 Å². The van der Waals surface area contributed by atoms with E-state index in [0.717, 1.165) is 12.0 Å². The van der Waals surface area contributed by atoms with Crippen molar-refractivity contribution in [2.24, 2.45) is 0 Å². The molecule has 1 aromatic carbocycles. The van der Waals surface area contributed by atoms with Crippen LogP contribution in [-0.4, -0.2) is 69.3 Å². The van der Waals surface area contributed by atoms with Gasteiger partial charge in [0, 0.05) is 32.9 Å². The molecule has 0 bridgehead atoms. The fourth-order valence-corrected chi connectivity index (χ4v) is 3.70. The van der Waals surface area contributed by atoms with Crippen molar-refractivity contribution in [1.82, 2.24) is 15.1 Å². The van der Waals surface area contributed by atoms with Crippen LogP contribution < -0.4 is 14.8 Å². The standard InChI is InChI=1S/C21H27N3O5/c1-5-7-24-17-13-23(8-6-9-27-2)20(25)18(17)19(22-21(24)26)14-10-15(28-3)12-16(11-14)29-4/h5,10-12,19H,1,6-9,13H2,2-4H3,(H,22,26)/t19-/m1/s1. The lowest BCUT2D eigenvalue weighted by atomic mass is 9.95. The molecule has 0 saturated carbocycles. The first-order chi connectivity index (χ1) is 14.0. The Morgan fingerprint density at radius 2 is 1.86 bits per heavy atom. The second-order valence-electron chi connectivity index (χ2n) is 6.86. The van der Waals surface area contributed by atoms with E-state index < -0.39 is 6.04 Å². The van der Waals surface area contributed by atoms with Gasteiger partial charge in [-0.3, -0.25) is 9.69 Å². The van der Waals surface area contributed by atoms with Crippen molar-refractivity contribution in [2.75, 3.05) is 47.6 Å². The van der Waals surface area contributed by atoms with Gasteiger partial charge in [-0.25, -0.2) is 4.79 Å². The number of hydrogen-bond acceptors (Lipinski definition) is 5. The molecular weight excluding hydrogens is 374 g/mol. The summed E-state index contributed by atoms with van der Waals surface area (Å²) in [6.45, 7) is 5.58. The van der Waals surface area contributed by atoms with Crippen molar-refractivity contribution in [3.8, 4) is 11.5 Å². The number of methoxy groups -OCH3 is 3. The zero-order chi connectivity index (χ0) is 21.0. The third-order valence-corrected chi connectivity index (χ3v) is 5.09. The maximum absolute atomic E-state index is 13.2. The molecule has 0 aliphatic carbocycles. The van der Waals surface area contributed by atoms with Crippen LogP contribution in [0.5, 0.6) is 11.5 Å². The lowest BCUT2D eigenvalue weighted by molar-refractivity contribution is -0.125. The third-order valence-electron chi connectivity index (χ3n) is 5.09. The minimum atomic E-state index is -0.581. The quantitative estimate of drug-likeness (QED) is 0.506. The lowest BCUT2D eigenvalue weighted by Gasteiger charge is -2.33. The van der Waals surface area contributed by atoms with E-state index in [1.165, 1.54) is 0 Å². The second kappa shape index (κ2) is 9.00. The van der Waals surface area contributed by atoms with E-state index in [1.807, 2.05) is 12.1 Å². The number of benzene rings is 1. The molecule has 8 nitrogen and oxygen atoms in total. The molecule has 0 radical (unpaired) electrons. The summed E-state index contributed by atoms with van der Waals surface area (Å²) in [5, 5.41) is 2.96. The first kappa shape index (κ1) is 20.7. The number of rotatable bonds is 9. The Morgan fingerprint density at radius 3 is 2.45 bits per heavy atom. The van der Waals surface area contributed by atoms with Gasteiger partial charge in [-0.1, -0.05) is 6.08 Å². The molecule has 1 aromatic rings. The molecule has 0 spiro atoms. The Balaban J connectivity index is 2.01. The van der Waals surface area contributed by atoms with Crippen LogP contribution in [0.1, 0.15) is 18.0 Å². The average molecular weight is 401 g/mol. The number of carbonyl (C=O) groups excluding carboxylic acids is 2. The third kappa shape index (κ3) is 4.07. The molecule has 0 fully saturated rings. The van der Waals surface area contributed by atoms with Gasteiger partial charge in [0.1, 0.15) is 11.5 Å². The van der Waals surface area contributed by atoms with Crippen LogP contribution in [0.15, 0.2) is 42.1 Å². The summed E-state index contributed by atoms with van der Waals surface area (Å²) in [6, 6.07) is 4.52. The van der Waals surface area contributed by atoms with Gasteiger partial charge in [0.05, 0.1) is 38.1 Å². The number of amides is 3. The number of nitrogens with one attached hydrogen (secondary N) is 1. The number of nitrogens with zero attached hydrogens (tertiary/aromatic N) is 2.